The highest BCUT2D eigenvalue weighted by molar-refractivity contribution is 5.91. The number of rotatable bonds is 2. The van der Waals surface area contributed by atoms with E-state index in [-0.39, 0.29) is 29.2 Å². The summed E-state index contributed by atoms with van der Waals surface area (Å²) in [7, 11) is 0. The van der Waals surface area contributed by atoms with Gasteiger partial charge in [-0.15, -0.1) is 6.42 Å². The summed E-state index contributed by atoms with van der Waals surface area (Å²) in [5.41, 5.74) is -0.268. The number of ether oxygens (including phenoxy) is 1. The Morgan fingerprint density at radius 1 is 1.33 bits per heavy atom. The molecule has 0 saturated heterocycles. The molecule has 4 rings (SSSR count). The maximum absolute atomic E-state index is 11.9. The van der Waals surface area contributed by atoms with Crippen molar-refractivity contribution in [1.29, 1.82) is 0 Å². The van der Waals surface area contributed by atoms with Crippen LogP contribution in [0.5, 0.6) is 0 Å². The summed E-state index contributed by atoms with van der Waals surface area (Å²) >= 11 is 0. The van der Waals surface area contributed by atoms with Crippen LogP contribution < -0.4 is 0 Å². The average Bonchev–Trinajstić information content (AvgIpc) is 2.89. The van der Waals surface area contributed by atoms with E-state index in [0.717, 1.165) is 38.5 Å². The highest BCUT2D eigenvalue weighted by Gasteiger charge is 2.68. The second kappa shape index (κ2) is 6.48. The predicted molar refractivity (Wildman–Crippen MR) is 101 cm³/mol. The van der Waals surface area contributed by atoms with Gasteiger partial charge in [-0.05, 0) is 62.4 Å². The number of hydrogen-bond donors (Lipinski definition) is 1. The van der Waals surface area contributed by atoms with E-state index in [9.17, 15) is 14.7 Å². The molecule has 4 heteroatoms. The van der Waals surface area contributed by atoms with Gasteiger partial charge in [-0.3, -0.25) is 9.59 Å². The van der Waals surface area contributed by atoms with E-state index < -0.39 is 5.60 Å². The van der Waals surface area contributed by atoms with Crippen LogP contribution in [0.25, 0.3) is 0 Å². The molecule has 3 fully saturated rings. The van der Waals surface area contributed by atoms with Crippen molar-refractivity contribution >= 4 is 11.8 Å². The van der Waals surface area contributed by atoms with Crippen LogP contribution in [0.2, 0.25) is 0 Å². The highest BCUT2D eigenvalue weighted by atomic mass is 16.5. The lowest BCUT2D eigenvalue weighted by Gasteiger charge is -2.56. The zero-order chi connectivity index (χ0) is 19.4. The molecule has 1 unspecified atom stereocenters. The minimum Gasteiger partial charge on any atom is -0.462 e. The number of aliphatic hydroxyl groups is 1. The minimum absolute atomic E-state index is 0.102. The molecule has 0 aliphatic heterocycles. The number of allylic oxidation sites excluding steroid dienone is 1. The molecule has 3 saturated carbocycles. The second-order valence-electron chi connectivity index (χ2n) is 9.13. The zero-order valence-corrected chi connectivity index (χ0v) is 16.4. The van der Waals surface area contributed by atoms with Gasteiger partial charge in [0.2, 0.25) is 0 Å². The maximum atomic E-state index is 11.9. The molecule has 27 heavy (non-hydrogen) atoms. The van der Waals surface area contributed by atoms with Crippen LogP contribution in [0.15, 0.2) is 11.6 Å². The predicted octanol–water partition coefficient (Wildman–Crippen LogP) is 3.42. The molecule has 0 amide bonds. The van der Waals surface area contributed by atoms with Crippen molar-refractivity contribution < 1.29 is 19.4 Å². The van der Waals surface area contributed by atoms with Gasteiger partial charge in [0.05, 0.1) is 0 Å². The van der Waals surface area contributed by atoms with Gasteiger partial charge in [-0.25, -0.2) is 0 Å². The van der Waals surface area contributed by atoms with Gasteiger partial charge in [-0.1, -0.05) is 18.4 Å². The number of fused-ring (bicyclic) bond motifs is 5. The van der Waals surface area contributed by atoms with Gasteiger partial charge in [0.15, 0.2) is 5.78 Å². The number of carbonyl (C=O) groups is 2. The van der Waals surface area contributed by atoms with Gasteiger partial charge < -0.3 is 9.84 Å². The SMILES string of the molecule is C#C[C@]1(O)C[C@H](OC(C)=O)C2[C@@H]3CCC4=CC(=O)CC[C@@H]4[C@H]3CC[C@@]21CC. The van der Waals surface area contributed by atoms with Gasteiger partial charge in [0.1, 0.15) is 11.7 Å². The van der Waals surface area contributed by atoms with Crippen molar-refractivity contribution in [1.82, 2.24) is 0 Å². The summed E-state index contributed by atoms with van der Waals surface area (Å²) in [5.74, 6) is 4.12. The summed E-state index contributed by atoms with van der Waals surface area (Å²) in [6.45, 7) is 3.55. The van der Waals surface area contributed by atoms with E-state index in [1.54, 1.807) is 0 Å². The zero-order valence-electron chi connectivity index (χ0n) is 16.4. The molecular formula is C23H30O4. The molecule has 7 atom stereocenters. The molecule has 0 spiro atoms. The van der Waals surface area contributed by atoms with Crippen LogP contribution in [0.1, 0.15) is 65.2 Å². The standard InChI is InChI=1S/C23H30O4/c1-4-22-11-10-18-17-9-7-16(25)12-15(17)6-8-19(18)21(22)20(27-14(3)24)13-23(22,26)5-2/h2,12,17-21,26H,4,6-11,13H2,1,3H3/t17-,18+,19+,20-,21?,22-,23-/m0/s1. The summed E-state index contributed by atoms with van der Waals surface area (Å²) in [6.07, 6.45) is 14.0. The third-order valence-corrected chi connectivity index (χ3v) is 8.29. The fraction of sp³-hybridized carbons (Fsp3) is 0.739. The number of hydrogen-bond acceptors (Lipinski definition) is 4. The lowest BCUT2D eigenvalue weighted by molar-refractivity contribution is -0.156. The van der Waals surface area contributed by atoms with E-state index in [4.69, 9.17) is 11.2 Å². The minimum atomic E-state index is -1.21. The van der Waals surface area contributed by atoms with Crippen LogP contribution in [-0.4, -0.2) is 28.6 Å². The van der Waals surface area contributed by atoms with E-state index in [0.29, 0.717) is 30.6 Å². The van der Waals surface area contributed by atoms with Crippen LogP contribution in [0.4, 0.5) is 0 Å². The van der Waals surface area contributed by atoms with Gasteiger partial charge in [-0.2, -0.15) is 0 Å². The van der Waals surface area contributed by atoms with Crippen molar-refractivity contribution in [2.45, 2.75) is 76.9 Å². The van der Waals surface area contributed by atoms with Gasteiger partial charge >= 0.3 is 5.97 Å². The number of terminal acetylenes is 1. The summed E-state index contributed by atoms with van der Waals surface area (Å²) < 4.78 is 5.74. The molecule has 0 radical (unpaired) electrons. The van der Waals surface area contributed by atoms with Gasteiger partial charge in [0.25, 0.3) is 0 Å². The molecule has 1 N–H and O–H groups in total. The van der Waals surface area contributed by atoms with Crippen LogP contribution in [0, 0.1) is 41.4 Å². The topological polar surface area (TPSA) is 63.6 Å². The van der Waals surface area contributed by atoms with Crippen molar-refractivity contribution in [2.75, 3.05) is 0 Å². The van der Waals surface area contributed by atoms with E-state index >= 15 is 0 Å². The molecule has 0 bridgehead atoms. The smallest absolute Gasteiger partial charge is 0.302 e. The van der Waals surface area contributed by atoms with Crippen molar-refractivity contribution in [3.63, 3.8) is 0 Å². The summed E-state index contributed by atoms with van der Waals surface area (Å²) in [6, 6.07) is 0. The third kappa shape index (κ3) is 2.62. The molecule has 4 aliphatic carbocycles. The van der Waals surface area contributed by atoms with Crippen LogP contribution >= 0.6 is 0 Å². The van der Waals surface area contributed by atoms with E-state index in [2.05, 4.69) is 12.8 Å². The largest absolute Gasteiger partial charge is 0.462 e. The number of carbonyl (C=O) groups excluding carboxylic acids is 2. The normalized spacial score (nSPS) is 45.8. The lowest BCUT2D eigenvalue weighted by atomic mass is 9.49. The molecular weight excluding hydrogens is 340 g/mol. The van der Waals surface area contributed by atoms with E-state index in [1.807, 2.05) is 6.08 Å². The third-order valence-electron chi connectivity index (χ3n) is 8.29. The monoisotopic (exact) mass is 370 g/mol. The molecule has 4 aliphatic rings. The first kappa shape index (κ1) is 18.7. The summed E-state index contributed by atoms with van der Waals surface area (Å²) in [4.78, 5) is 23.7. The first-order valence-electron chi connectivity index (χ1n) is 10.5. The number of ketones is 1. The average molecular weight is 370 g/mol. The quantitative estimate of drug-likeness (QED) is 0.597. The lowest BCUT2D eigenvalue weighted by Crippen LogP contribution is -2.54. The molecule has 0 aromatic rings. The van der Waals surface area contributed by atoms with Crippen LogP contribution in [0.3, 0.4) is 0 Å². The van der Waals surface area contributed by atoms with Crippen molar-refractivity contribution in [3.8, 4) is 12.3 Å². The fourth-order valence-corrected chi connectivity index (χ4v) is 7.29. The van der Waals surface area contributed by atoms with Gasteiger partial charge in [0, 0.05) is 31.1 Å². The Morgan fingerprint density at radius 2 is 2.11 bits per heavy atom. The highest BCUT2D eigenvalue weighted by Crippen LogP contribution is 2.66. The van der Waals surface area contributed by atoms with E-state index in [1.165, 1.54) is 12.5 Å². The number of esters is 1. The molecule has 0 aromatic carbocycles. The second-order valence-corrected chi connectivity index (χ2v) is 9.13. The molecule has 0 aromatic heterocycles. The molecule has 0 heterocycles. The van der Waals surface area contributed by atoms with Crippen LogP contribution in [-0.2, 0) is 14.3 Å². The first-order valence-corrected chi connectivity index (χ1v) is 10.5. The maximum Gasteiger partial charge on any atom is 0.302 e. The first-order chi connectivity index (χ1) is 12.8. The Morgan fingerprint density at radius 3 is 2.78 bits per heavy atom. The Hall–Kier alpha value is -1.60. The Kier molecular flexibility index (Phi) is 4.50. The molecule has 4 nitrogen and oxygen atoms in total. The Labute approximate surface area is 161 Å². The Bertz CT molecular complexity index is 731. The van der Waals surface area contributed by atoms with Crippen molar-refractivity contribution in [2.24, 2.45) is 29.1 Å². The Balaban J connectivity index is 1.73. The fourth-order valence-electron chi connectivity index (χ4n) is 7.29. The summed E-state index contributed by atoms with van der Waals surface area (Å²) in [5, 5.41) is 11.4. The molecule has 146 valence electrons. The van der Waals surface area contributed by atoms with Crippen molar-refractivity contribution in [3.05, 3.63) is 11.6 Å².